The Hall–Kier alpha value is -2.37. The third kappa shape index (κ3) is 2.60. The van der Waals surface area contributed by atoms with Crippen molar-refractivity contribution >= 4 is 11.5 Å². The van der Waals surface area contributed by atoms with Crippen LogP contribution in [0.2, 0.25) is 0 Å². The predicted molar refractivity (Wildman–Crippen MR) is 64.6 cm³/mol. The molecule has 2 rings (SSSR count). The van der Waals surface area contributed by atoms with Crippen molar-refractivity contribution in [3.63, 3.8) is 0 Å². The molecule has 0 aliphatic rings. The van der Waals surface area contributed by atoms with E-state index >= 15 is 0 Å². The first-order chi connectivity index (χ1) is 8.31. The summed E-state index contributed by atoms with van der Waals surface area (Å²) < 4.78 is 5.01. The smallest absolute Gasteiger partial charge is 0.242 e. The molecule has 88 valence electrons. The molecule has 0 fully saturated rings. The molecule has 0 spiro atoms. The lowest BCUT2D eigenvalue weighted by Gasteiger charge is -2.09. The molecule has 0 saturated heterocycles. The number of nitrogens with one attached hydrogen (secondary N) is 1. The normalized spacial score (nSPS) is 9.94. The van der Waals surface area contributed by atoms with Gasteiger partial charge in [-0.05, 0) is 12.1 Å². The maximum absolute atomic E-state index is 5.83. The van der Waals surface area contributed by atoms with E-state index in [2.05, 4.69) is 20.3 Å². The van der Waals surface area contributed by atoms with Gasteiger partial charge in [0.05, 0.1) is 19.3 Å². The number of anilines is 2. The van der Waals surface area contributed by atoms with Gasteiger partial charge in [-0.2, -0.15) is 4.98 Å². The molecular weight excluding hydrogens is 218 g/mol. The van der Waals surface area contributed by atoms with Crippen LogP contribution in [-0.4, -0.2) is 22.1 Å². The third-order valence-corrected chi connectivity index (χ3v) is 2.20. The van der Waals surface area contributed by atoms with Gasteiger partial charge in [-0.1, -0.05) is 6.07 Å². The summed E-state index contributed by atoms with van der Waals surface area (Å²) in [6.45, 7) is 0.547. The number of aromatic nitrogens is 3. The molecule has 0 unspecified atom stereocenters. The number of nitrogens with zero attached hydrogens (tertiary/aromatic N) is 3. The van der Waals surface area contributed by atoms with Gasteiger partial charge in [0.1, 0.15) is 12.0 Å². The highest BCUT2D eigenvalue weighted by Crippen LogP contribution is 2.24. The first kappa shape index (κ1) is 11.1. The number of nitrogens with two attached hydrogens (primary N) is 1. The second kappa shape index (κ2) is 5.11. The summed E-state index contributed by atoms with van der Waals surface area (Å²) in [6, 6.07) is 5.71. The quantitative estimate of drug-likeness (QED) is 0.818. The zero-order valence-corrected chi connectivity index (χ0v) is 9.42. The second-order valence-corrected chi connectivity index (χ2v) is 3.32. The first-order valence-corrected chi connectivity index (χ1v) is 5.09. The molecule has 0 saturated carbocycles. The van der Waals surface area contributed by atoms with Gasteiger partial charge in [0.2, 0.25) is 5.88 Å². The average molecular weight is 231 g/mol. The molecule has 2 aromatic rings. The van der Waals surface area contributed by atoms with Crippen LogP contribution in [0.25, 0.3) is 0 Å². The van der Waals surface area contributed by atoms with Crippen molar-refractivity contribution in [2.24, 2.45) is 0 Å². The Bertz CT molecular complexity index is 488. The molecule has 17 heavy (non-hydrogen) atoms. The van der Waals surface area contributed by atoms with E-state index < -0.39 is 0 Å². The zero-order chi connectivity index (χ0) is 12.1. The highest BCUT2D eigenvalue weighted by molar-refractivity contribution is 5.66. The van der Waals surface area contributed by atoms with Gasteiger partial charge in [-0.25, -0.2) is 4.98 Å². The van der Waals surface area contributed by atoms with Crippen molar-refractivity contribution in [3.8, 4) is 5.88 Å². The van der Waals surface area contributed by atoms with E-state index in [1.54, 1.807) is 6.20 Å². The largest absolute Gasteiger partial charge is 0.479 e. The summed E-state index contributed by atoms with van der Waals surface area (Å²) in [5.41, 5.74) is 7.13. The fourth-order valence-corrected chi connectivity index (χ4v) is 1.36. The van der Waals surface area contributed by atoms with Gasteiger partial charge in [0.25, 0.3) is 0 Å². The molecule has 6 nitrogen and oxygen atoms in total. The molecular formula is C11H13N5O. The van der Waals surface area contributed by atoms with E-state index in [0.717, 1.165) is 5.69 Å². The second-order valence-electron chi connectivity index (χ2n) is 3.32. The molecule has 0 radical (unpaired) electrons. The maximum Gasteiger partial charge on any atom is 0.242 e. The standard InChI is InChI=1S/C11H13N5O/c1-17-11-9(12)10(15-7-16-11)14-6-8-4-2-3-5-13-8/h2-5,7H,6,12H2,1H3,(H,14,15,16). The summed E-state index contributed by atoms with van der Waals surface area (Å²) in [7, 11) is 1.52. The molecule has 0 aromatic carbocycles. The highest BCUT2D eigenvalue weighted by atomic mass is 16.5. The Labute approximate surface area is 98.9 Å². The van der Waals surface area contributed by atoms with Crippen LogP contribution in [0.3, 0.4) is 0 Å². The summed E-state index contributed by atoms with van der Waals surface area (Å²) in [4.78, 5) is 12.1. The molecule has 0 bridgehead atoms. The van der Waals surface area contributed by atoms with E-state index in [-0.39, 0.29) is 0 Å². The summed E-state index contributed by atoms with van der Waals surface area (Å²) in [5, 5.41) is 3.09. The van der Waals surface area contributed by atoms with Crippen molar-refractivity contribution in [2.45, 2.75) is 6.54 Å². The fourth-order valence-electron chi connectivity index (χ4n) is 1.36. The SMILES string of the molecule is COc1ncnc(NCc2ccccn2)c1N. The summed E-state index contributed by atoms with van der Waals surface area (Å²) in [6.07, 6.45) is 3.14. The van der Waals surface area contributed by atoms with Crippen LogP contribution in [0.4, 0.5) is 11.5 Å². The fraction of sp³-hybridized carbons (Fsp3) is 0.182. The summed E-state index contributed by atoms with van der Waals surface area (Å²) >= 11 is 0. The average Bonchev–Trinajstić information content (AvgIpc) is 2.39. The third-order valence-electron chi connectivity index (χ3n) is 2.20. The molecule has 6 heteroatoms. The van der Waals surface area contributed by atoms with E-state index in [0.29, 0.717) is 23.9 Å². The lowest BCUT2D eigenvalue weighted by Crippen LogP contribution is -2.07. The van der Waals surface area contributed by atoms with Crippen LogP contribution in [0.15, 0.2) is 30.7 Å². The number of hydrogen-bond acceptors (Lipinski definition) is 6. The Morgan fingerprint density at radius 2 is 2.18 bits per heavy atom. The Morgan fingerprint density at radius 1 is 1.29 bits per heavy atom. The van der Waals surface area contributed by atoms with Crippen molar-refractivity contribution in [3.05, 3.63) is 36.4 Å². The Kier molecular flexibility index (Phi) is 3.34. The van der Waals surface area contributed by atoms with Gasteiger partial charge >= 0.3 is 0 Å². The van der Waals surface area contributed by atoms with Crippen molar-refractivity contribution in [1.82, 2.24) is 15.0 Å². The van der Waals surface area contributed by atoms with E-state index in [9.17, 15) is 0 Å². The maximum atomic E-state index is 5.83. The van der Waals surface area contributed by atoms with E-state index in [1.165, 1.54) is 13.4 Å². The first-order valence-electron chi connectivity index (χ1n) is 5.09. The molecule has 0 aliphatic carbocycles. The van der Waals surface area contributed by atoms with Crippen molar-refractivity contribution < 1.29 is 4.74 Å². The van der Waals surface area contributed by atoms with Crippen LogP contribution >= 0.6 is 0 Å². The molecule has 0 atom stereocenters. The van der Waals surface area contributed by atoms with Crippen LogP contribution in [-0.2, 0) is 6.54 Å². The minimum absolute atomic E-state index is 0.364. The predicted octanol–water partition coefficient (Wildman–Crippen LogP) is 1.07. The Morgan fingerprint density at radius 3 is 2.88 bits per heavy atom. The monoisotopic (exact) mass is 231 g/mol. The van der Waals surface area contributed by atoms with Gasteiger partial charge in [-0.15, -0.1) is 0 Å². The summed E-state index contributed by atoms with van der Waals surface area (Å²) in [5.74, 6) is 0.908. The molecule has 2 heterocycles. The zero-order valence-electron chi connectivity index (χ0n) is 9.42. The number of nitrogen functional groups attached to an aromatic ring is 1. The molecule has 3 N–H and O–H groups in total. The van der Waals surface area contributed by atoms with Crippen LogP contribution in [0.5, 0.6) is 5.88 Å². The van der Waals surface area contributed by atoms with Crippen molar-refractivity contribution in [1.29, 1.82) is 0 Å². The Balaban J connectivity index is 2.09. The molecule has 0 aliphatic heterocycles. The van der Waals surface area contributed by atoms with Gasteiger partial charge in [0.15, 0.2) is 5.82 Å². The molecule has 0 amide bonds. The van der Waals surface area contributed by atoms with Crippen LogP contribution in [0.1, 0.15) is 5.69 Å². The minimum atomic E-state index is 0.364. The topological polar surface area (TPSA) is 86.0 Å². The lowest BCUT2D eigenvalue weighted by atomic mass is 10.3. The minimum Gasteiger partial charge on any atom is -0.479 e. The number of methoxy groups -OCH3 is 1. The number of pyridine rings is 1. The molecule has 2 aromatic heterocycles. The van der Waals surface area contributed by atoms with Crippen LogP contribution in [0, 0.1) is 0 Å². The van der Waals surface area contributed by atoms with Gasteiger partial charge in [-0.3, -0.25) is 4.98 Å². The van der Waals surface area contributed by atoms with Crippen LogP contribution < -0.4 is 15.8 Å². The number of hydrogen-bond donors (Lipinski definition) is 2. The van der Waals surface area contributed by atoms with Crippen molar-refractivity contribution in [2.75, 3.05) is 18.2 Å². The van der Waals surface area contributed by atoms with Gasteiger partial charge < -0.3 is 15.8 Å². The number of rotatable bonds is 4. The number of ether oxygens (including phenoxy) is 1. The van der Waals surface area contributed by atoms with E-state index in [4.69, 9.17) is 10.5 Å². The van der Waals surface area contributed by atoms with E-state index in [1.807, 2.05) is 18.2 Å². The van der Waals surface area contributed by atoms with Gasteiger partial charge in [0, 0.05) is 6.20 Å². The highest BCUT2D eigenvalue weighted by Gasteiger charge is 2.07. The lowest BCUT2D eigenvalue weighted by molar-refractivity contribution is 0.399.